The number of fused-ring (bicyclic) bond motifs is 1. The summed E-state index contributed by atoms with van der Waals surface area (Å²) in [6.45, 7) is 8.13. The molecule has 5 rings (SSSR count). The van der Waals surface area contributed by atoms with E-state index >= 15 is 0 Å². The van der Waals surface area contributed by atoms with E-state index in [0.29, 0.717) is 18.3 Å². The van der Waals surface area contributed by atoms with Gasteiger partial charge in [-0.05, 0) is 39.0 Å². The molecule has 4 aromatic heterocycles. The highest BCUT2D eigenvalue weighted by atomic mass is 16.1. The van der Waals surface area contributed by atoms with Gasteiger partial charge in [-0.25, -0.2) is 18.9 Å². The van der Waals surface area contributed by atoms with Crippen LogP contribution in [0.1, 0.15) is 17.1 Å². The van der Waals surface area contributed by atoms with Gasteiger partial charge in [-0.1, -0.05) is 0 Å². The van der Waals surface area contributed by atoms with Gasteiger partial charge in [0.25, 0.3) is 5.56 Å². The second-order valence-corrected chi connectivity index (χ2v) is 7.69. The number of anilines is 1. The lowest BCUT2D eigenvalue weighted by Gasteiger charge is -2.40. The van der Waals surface area contributed by atoms with Gasteiger partial charge in [0.05, 0.1) is 17.9 Å². The molecule has 1 aliphatic heterocycles. The van der Waals surface area contributed by atoms with Gasteiger partial charge in [-0.15, -0.1) is 5.10 Å². The fraction of sp³-hybridized carbons (Fsp3) is 0.350. The van der Waals surface area contributed by atoms with E-state index in [-0.39, 0.29) is 5.56 Å². The Hall–Kier alpha value is -3.49. The summed E-state index contributed by atoms with van der Waals surface area (Å²) in [6.07, 6.45) is 3.63. The van der Waals surface area contributed by atoms with Gasteiger partial charge in [0.15, 0.2) is 11.6 Å². The lowest BCUT2D eigenvalue weighted by atomic mass is 10.00. The number of nitrogens with zero attached hydrogens (tertiary/aromatic N) is 8. The Balaban J connectivity index is 1.34. The van der Waals surface area contributed by atoms with E-state index in [1.165, 1.54) is 0 Å². The van der Waals surface area contributed by atoms with Crippen molar-refractivity contribution in [2.24, 2.45) is 5.92 Å². The van der Waals surface area contributed by atoms with Gasteiger partial charge < -0.3 is 4.90 Å². The van der Waals surface area contributed by atoms with Gasteiger partial charge >= 0.3 is 0 Å². The van der Waals surface area contributed by atoms with Crippen LogP contribution in [0.15, 0.2) is 41.5 Å². The SMILES string of the molecule is Cc1cc(C)n(-c2ccc(=O)n(CC3CN(c4nccn5nc(C)cc45)C3)n2)n1. The molecule has 1 aliphatic rings. The standard InChI is InChI=1S/C20H22N8O/c1-13-8-15(3)28(23-13)18-4-5-19(29)27(24-18)12-16-10-25(11-16)20-17-9-14(2)22-26(17)7-6-21-20/h4-9,16H,10-12H2,1-3H3. The van der Waals surface area contributed by atoms with Crippen LogP contribution in [0.3, 0.4) is 0 Å². The zero-order valence-electron chi connectivity index (χ0n) is 16.6. The van der Waals surface area contributed by atoms with Gasteiger partial charge in [0.1, 0.15) is 5.52 Å². The van der Waals surface area contributed by atoms with E-state index < -0.39 is 0 Å². The molecule has 1 fully saturated rings. The molecule has 0 radical (unpaired) electrons. The van der Waals surface area contributed by atoms with Crippen LogP contribution in [0.2, 0.25) is 0 Å². The highest BCUT2D eigenvalue weighted by Crippen LogP contribution is 2.27. The molecule has 5 heterocycles. The second-order valence-electron chi connectivity index (χ2n) is 7.69. The number of aryl methyl sites for hydroxylation is 3. The average Bonchev–Trinajstić information content (AvgIpc) is 3.19. The Labute approximate surface area is 167 Å². The zero-order valence-corrected chi connectivity index (χ0v) is 16.6. The molecular formula is C20H22N8O. The quantitative estimate of drug-likeness (QED) is 0.525. The summed E-state index contributed by atoms with van der Waals surface area (Å²) in [5.41, 5.74) is 3.79. The molecule has 0 aromatic carbocycles. The van der Waals surface area contributed by atoms with Crippen LogP contribution in [0, 0.1) is 26.7 Å². The third-order valence-corrected chi connectivity index (χ3v) is 5.26. The minimum atomic E-state index is -0.0969. The molecule has 0 amide bonds. The van der Waals surface area contributed by atoms with Crippen LogP contribution in [-0.4, -0.2) is 47.2 Å². The molecule has 0 atom stereocenters. The lowest BCUT2D eigenvalue weighted by molar-refractivity contribution is 0.332. The first kappa shape index (κ1) is 17.6. The zero-order chi connectivity index (χ0) is 20.1. The maximum atomic E-state index is 12.3. The van der Waals surface area contributed by atoms with Crippen LogP contribution in [-0.2, 0) is 6.54 Å². The van der Waals surface area contributed by atoms with E-state index in [1.807, 2.05) is 43.6 Å². The summed E-state index contributed by atoms with van der Waals surface area (Å²) >= 11 is 0. The first-order valence-corrected chi connectivity index (χ1v) is 9.66. The molecular weight excluding hydrogens is 368 g/mol. The van der Waals surface area contributed by atoms with Gasteiger partial charge in [-0.3, -0.25) is 4.79 Å². The van der Waals surface area contributed by atoms with Crippen molar-refractivity contribution >= 4 is 11.3 Å². The van der Waals surface area contributed by atoms with Gasteiger partial charge in [0.2, 0.25) is 0 Å². The summed E-state index contributed by atoms with van der Waals surface area (Å²) in [5.74, 6) is 1.93. The smallest absolute Gasteiger partial charge is 0.266 e. The number of hydrogen-bond acceptors (Lipinski definition) is 6. The lowest BCUT2D eigenvalue weighted by Crippen LogP contribution is -2.50. The maximum absolute atomic E-state index is 12.3. The number of hydrogen-bond donors (Lipinski definition) is 0. The Morgan fingerprint density at radius 3 is 2.59 bits per heavy atom. The predicted molar refractivity (Wildman–Crippen MR) is 109 cm³/mol. The molecule has 0 spiro atoms. The first-order chi connectivity index (χ1) is 14.0. The van der Waals surface area contributed by atoms with E-state index in [4.69, 9.17) is 0 Å². The van der Waals surface area contributed by atoms with E-state index in [9.17, 15) is 4.79 Å². The molecule has 29 heavy (non-hydrogen) atoms. The molecule has 4 aromatic rings. The molecule has 9 nitrogen and oxygen atoms in total. The molecule has 1 saturated heterocycles. The van der Waals surface area contributed by atoms with Crippen molar-refractivity contribution in [2.45, 2.75) is 27.3 Å². The molecule has 0 N–H and O–H groups in total. The maximum Gasteiger partial charge on any atom is 0.266 e. The van der Waals surface area contributed by atoms with Crippen molar-refractivity contribution in [3.8, 4) is 5.82 Å². The average molecular weight is 390 g/mol. The molecule has 0 saturated carbocycles. The molecule has 0 unspecified atom stereocenters. The van der Waals surface area contributed by atoms with Crippen molar-refractivity contribution < 1.29 is 0 Å². The van der Waals surface area contributed by atoms with Crippen LogP contribution in [0.5, 0.6) is 0 Å². The minimum Gasteiger partial charge on any atom is -0.354 e. The van der Waals surface area contributed by atoms with E-state index in [0.717, 1.165) is 41.5 Å². The number of rotatable bonds is 4. The molecule has 0 bridgehead atoms. The van der Waals surface area contributed by atoms with Crippen LogP contribution >= 0.6 is 0 Å². The highest BCUT2D eigenvalue weighted by Gasteiger charge is 2.30. The summed E-state index contributed by atoms with van der Waals surface area (Å²) < 4.78 is 5.17. The Kier molecular flexibility index (Phi) is 3.97. The van der Waals surface area contributed by atoms with Crippen molar-refractivity contribution in [3.05, 3.63) is 64.1 Å². The van der Waals surface area contributed by atoms with Crippen LogP contribution in [0.25, 0.3) is 11.3 Å². The normalized spacial score (nSPS) is 14.5. The van der Waals surface area contributed by atoms with Crippen molar-refractivity contribution in [1.82, 2.24) is 34.2 Å². The van der Waals surface area contributed by atoms with E-state index in [2.05, 4.69) is 25.2 Å². The summed E-state index contributed by atoms with van der Waals surface area (Å²) in [6, 6.07) is 7.32. The fourth-order valence-electron chi connectivity index (χ4n) is 3.92. The monoisotopic (exact) mass is 390 g/mol. The molecule has 9 heteroatoms. The largest absolute Gasteiger partial charge is 0.354 e. The Morgan fingerprint density at radius 2 is 1.83 bits per heavy atom. The third kappa shape index (κ3) is 3.08. The van der Waals surface area contributed by atoms with Crippen molar-refractivity contribution in [2.75, 3.05) is 18.0 Å². The Morgan fingerprint density at radius 1 is 1.03 bits per heavy atom. The fourth-order valence-corrected chi connectivity index (χ4v) is 3.92. The topological polar surface area (TPSA) is 86.1 Å². The summed E-state index contributed by atoms with van der Waals surface area (Å²) in [4.78, 5) is 19.1. The van der Waals surface area contributed by atoms with Crippen molar-refractivity contribution in [1.29, 1.82) is 0 Å². The van der Waals surface area contributed by atoms with E-state index in [1.54, 1.807) is 27.7 Å². The third-order valence-electron chi connectivity index (χ3n) is 5.26. The summed E-state index contributed by atoms with van der Waals surface area (Å²) in [5, 5.41) is 13.5. The Bertz CT molecular complexity index is 1260. The second kappa shape index (κ2) is 6.54. The molecule has 148 valence electrons. The van der Waals surface area contributed by atoms with Crippen molar-refractivity contribution in [3.63, 3.8) is 0 Å². The molecule has 0 aliphatic carbocycles. The highest BCUT2D eigenvalue weighted by molar-refractivity contribution is 5.69. The number of aromatic nitrogens is 7. The predicted octanol–water partition coefficient (Wildman–Crippen LogP) is 1.53. The first-order valence-electron chi connectivity index (χ1n) is 9.66. The van der Waals surface area contributed by atoms with Gasteiger partial charge in [0, 0.05) is 43.2 Å². The minimum absolute atomic E-state index is 0.0969. The summed E-state index contributed by atoms with van der Waals surface area (Å²) in [7, 11) is 0. The van der Waals surface area contributed by atoms with Crippen LogP contribution < -0.4 is 10.5 Å². The van der Waals surface area contributed by atoms with Crippen LogP contribution in [0.4, 0.5) is 5.82 Å². The van der Waals surface area contributed by atoms with Gasteiger partial charge in [-0.2, -0.15) is 10.2 Å².